The van der Waals surface area contributed by atoms with Gasteiger partial charge in [0.05, 0.1) is 0 Å². The van der Waals surface area contributed by atoms with Crippen LogP contribution in [0.25, 0.3) is 0 Å². The molecule has 1 aromatic rings. The second-order valence-electron chi connectivity index (χ2n) is 2.46. The van der Waals surface area contributed by atoms with Crippen molar-refractivity contribution in [2.24, 2.45) is 11.5 Å². The first-order valence-corrected chi connectivity index (χ1v) is 3.66. The van der Waals surface area contributed by atoms with Gasteiger partial charge in [-0.25, -0.2) is 4.98 Å². The number of pyridine rings is 1. The molecule has 0 aliphatic rings. The highest BCUT2D eigenvalue weighted by molar-refractivity contribution is 5.27. The minimum absolute atomic E-state index is 0.149. The average Bonchev–Trinajstić information content (AvgIpc) is 2.17. The molecule has 0 aliphatic heterocycles. The van der Waals surface area contributed by atoms with Crippen molar-refractivity contribution >= 4 is 0 Å². The summed E-state index contributed by atoms with van der Waals surface area (Å²) in [4.78, 5) is 3.99. The summed E-state index contributed by atoms with van der Waals surface area (Å²) < 4.78 is 0. The van der Waals surface area contributed by atoms with Crippen molar-refractivity contribution in [2.45, 2.75) is 6.04 Å². The van der Waals surface area contributed by atoms with Gasteiger partial charge in [-0.05, 0) is 11.6 Å². The third-order valence-electron chi connectivity index (χ3n) is 1.62. The molecule has 0 radical (unpaired) electrons. The Morgan fingerprint density at radius 2 is 2.33 bits per heavy atom. The molecule has 1 heterocycles. The van der Waals surface area contributed by atoms with Crippen LogP contribution in [0.2, 0.25) is 0 Å². The molecule has 1 rings (SSSR count). The lowest BCUT2D eigenvalue weighted by Gasteiger charge is -2.07. The molecule has 1 atom stereocenters. The van der Waals surface area contributed by atoms with Crippen molar-refractivity contribution in [3.63, 3.8) is 0 Å². The number of nitrogens with two attached hydrogens (primary N) is 2. The van der Waals surface area contributed by atoms with Gasteiger partial charge in [0.2, 0.25) is 0 Å². The largest absolute Gasteiger partial charge is 0.329 e. The van der Waals surface area contributed by atoms with Crippen LogP contribution in [0, 0.1) is 12.3 Å². The van der Waals surface area contributed by atoms with E-state index >= 15 is 0 Å². The van der Waals surface area contributed by atoms with Crippen LogP contribution in [-0.2, 0) is 0 Å². The van der Waals surface area contributed by atoms with Crippen LogP contribution in [0.15, 0.2) is 18.3 Å². The topological polar surface area (TPSA) is 64.9 Å². The predicted molar refractivity (Wildman–Crippen MR) is 48.2 cm³/mol. The number of terminal acetylenes is 1. The molecular formula is C9H11N3. The van der Waals surface area contributed by atoms with E-state index in [0.29, 0.717) is 12.2 Å². The van der Waals surface area contributed by atoms with Gasteiger partial charge in [0.1, 0.15) is 5.69 Å². The third kappa shape index (κ3) is 1.82. The number of aromatic nitrogens is 1. The van der Waals surface area contributed by atoms with Gasteiger partial charge in [-0.15, -0.1) is 6.42 Å². The Morgan fingerprint density at radius 3 is 2.75 bits per heavy atom. The van der Waals surface area contributed by atoms with E-state index in [2.05, 4.69) is 10.9 Å². The Kier molecular flexibility index (Phi) is 2.81. The molecule has 0 saturated heterocycles. The van der Waals surface area contributed by atoms with E-state index in [9.17, 15) is 0 Å². The summed E-state index contributed by atoms with van der Waals surface area (Å²) in [5.41, 5.74) is 12.6. The van der Waals surface area contributed by atoms with Gasteiger partial charge in [0, 0.05) is 18.8 Å². The summed E-state index contributed by atoms with van der Waals surface area (Å²) in [6.07, 6.45) is 6.80. The maximum atomic E-state index is 5.67. The van der Waals surface area contributed by atoms with Gasteiger partial charge in [0.15, 0.2) is 0 Å². The van der Waals surface area contributed by atoms with Crippen LogP contribution in [0.5, 0.6) is 0 Å². The SMILES string of the molecule is C#Cc1ccc(C(N)CN)cn1. The maximum absolute atomic E-state index is 5.67. The van der Waals surface area contributed by atoms with E-state index in [1.165, 1.54) is 0 Å². The highest BCUT2D eigenvalue weighted by Gasteiger charge is 2.02. The smallest absolute Gasteiger partial charge is 0.112 e. The first kappa shape index (κ1) is 8.72. The van der Waals surface area contributed by atoms with Crippen LogP contribution in [0.4, 0.5) is 0 Å². The molecule has 0 aliphatic carbocycles. The van der Waals surface area contributed by atoms with Crippen LogP contribution >= 0.6 is 0 Å². The molecule has 0 amide bonds. The Balaban J connectivity index is 2.86. The van der Waals surface area contributed by atoms with Gasteiger partial charge in [-0.1, -0.05) is 12.0 Å². The van der Waals surface area contributed by atoms with Crippen LogP contribution in [0.1, 0.15) is 17.3 Å². The van der Waals surface area contributed by atoms with Crippen molar-refractivity contribution < 1.29 is 0 Å². The number of hydrogen-bond acceptors (Lipinski definition) is 3. The monoisotopic (exact) mass is 161 g/mol. The van der Waals surface area contributed by atoms with E-state index < -0.39 is 0 Å². The molecule has 4 N–H and O–H groups in total. The summed E-state index contributed by atoms with van der Waals surface area (Å²) in [7, 11) is 0. The van der Waals surface area contributed by atoms with Crippen molar-refractivity contribution in [2.75, 3.05) is 6.54 Å². The highest BCUT2D eigenvalue weighted by Crippen LogP contribution is 2.06. The molecule has 1 unspecified atom stereocenters. The summed E-state index contributed by atoms with van der Waals surface area (Å²) in [5, 5.41) is 0. The van der Waals surface area contributed by atoms with E-state index in [4.69, 9.17) is 17.9 Å². The normalized spacial score (nSPS) is 12.1. The van der Waals surface area contributed by atoms with Crippen molar-refractivity contribution in [1.82, 2.24) is 4.98 Å². The third-order valence-corrected chi connectivity index (χ3v) is 1.62. The number of hydrogen-bond donors (Lipinski definition) is 2. The Labute approximate surface area is 71.8 Å². The van der Waals surface area contributed by atoms with E-state index in [0.717, 1.165) is 5.56 Å². The first-order chi connectivity index (χ1) is 5.77. The lowest BCUT2D eigenvalue weighted by atomic mass is 10.1. The zero-order chi connectivity index (χ0) is 8.97. The molecular weight excluding hydrogens is 150 g/mol. The van der Waals surface area contributed by atoms with Gasteiger partial charge < -0.3 is 11.5 Å². The fourth-order valence-electron chi connectivity index (χ4n) is 0.846. The van der Waals surface area contributed by atoms with Crippen LogP contribution < -0.4 is 11.5 Å². The van der Waals surface area contributed by atoms with E-state index in [1.807, 2.05) is 6.07 Å². The second-order valence-corrected chi connectivity index (χ2v) is 2.46. The molecule has 3 heteroatoms. The molecule has 62 valence electrons. The zero-order valence-electron chi connectivity index (χ0n) is 6.70. The molecule has 0 aromatic carbocycles. The van der Waals surface area contributed by atoms with Gasteiger partial charge >= 0.3 is 0 Å². The zero-order valence-corrected chi connectivity index (χ0v) is 6.70. The van der Waals surface area contributed by atoms with E-state index in [1.54, 1.807) is 12.3 Å². The standard InChI is InChI=1S/C9H11N3/c1-2-8-4-3-7(6-12-8)9(11)5-10/h1,3-4,6,9H,5,10-11H2. The fourth-order valence-corrected chi connectivity index (χ4v) is 0.846. The van der Waals surface area contributed by atoms with Crippen molar-refractivity contribution in [3.05, 3.63) is 29.6 Å². The minimum Gasteiger partial charge on any atom is -0.329 e. The van der Waals surface area contributed by atoms with Gasteiger partial charge in [0.25, 0.3) is 0 Å². The lowest BCUT2D eigenvalue weighted by Crippen LogP contribution is -2.20. The summed E-state index contributed by atoms with van der Waals surface area (Å²) in [5.74, 6) is 2.43. The second kappa shape index (κ2) is 3.86. The minimum atomic E-state index is -0.149. The first-order valence-electron chi connectivity index (χ1n) is 3.66. The number of nitrogens with zero attached hydrogens (tertiary/aromatic N) is 1. The Hall–Kier alpha value is -1.37. The lowest BCUT2D eigenvalue weighted by molar-refractivity contribution is 0.733. The van der Waals surface area contributed by atoms with Gasteiger partial charge in [-0.3, -0.25) is 0 Å². The van der Waals surface area contributed by atoms with Gasteiger partial charge in [-0.2, -0.15) is 0 Å². The maximum Gasteiger partial charge on any atom is 0.112 e. The van der Waals surface area contributed by atoms with E-state index in [-0.39, 0.29) is 6.04 Å². The average molecular weight is 161 g/mol. The summed E-state index contributed by atoms with van der Waals surface area (Å²) >= 11 is 0. The van der Waals surface area contributed by atoms with Crippen LogP contribution in [-0.4, -0.2) is 11.5 Å². The quantitative estimate of drug-likeness (QED) is 0.601. The molecule has 3 nitrogen and oxygen atoms in total. The number of rotatable bonds is 2. The molecule has 12 heavy (non-hydrogen) atoms. The fraction of sp³-hybridized carbons (Fsp3) is 0.222. The highest BCUT2D eigenvalue weighted by atomic mass is 14.7. The molecule has 0 bridgehead atoms. The molecule has 0 spiro atoms. The predicted octanol–water partition coefficient (Wildman–Crippen LogP) is 0.0214. The Morgan fingerprint density at radius 1 is 1.58 bits per heavy atom. The summed E-state index contributed by atoms with van der Waals surface area (Å²) in [6, 6.07) is 3.45. The molecule has 0 fully saturated rings. The molecule has 1 aromatic heterocycles. The van der Waals surface area contributed by atoms with Crippen LogP contribution in [0.3, 0.4) is 0 Å². The van der Waals surface area contributed by atoms with Crippen molar-refractivity contribution in [3.8, 4) is 12.3 Å². The summed E-state index contributed by atoms with van der Waals surface area (Å²) in [6.45, 7) is 0.414. The Bertz CT molecular complexity index is 284. The van der Waals surface area contributed by atoms with Crippen molar-refractivity contribution in [1.29, 1.82) is 0 Å². The molecule has 0 saturated carbocycles.